The van der Waals surface area contributed by atoms with Crippen molar-refractivity contribution in [2.75, 3.05) is 7.11 Å². The average Bonchev–Trinajstić information content (AvgIpc) is 2.28. The molecule has 0 bridgehead atoms. The lowest BCUT2D eigenvalue weighted by molar-refractivity contribution is 0.0601. The maximum Gasteiger partial charge on any atom is 0.351 e. The molecule has 60 valence electrons. The summed E-state index contributed by atoms with van der Waals surface area (Å²) in [6.45, 7) is 0. The van der Waals surface area contributed by atoms with Gasteiger partial charge in [0.2, 0.25) is 0 Å². The Morgan fingerprint density at radius 1 is 1.82 bits per heavy atom. The van der Waals surface area contributed by atoms with Crippen LogP contribution < -0.4 is 0 Å². The van der Waals surface area contributed by atoms with E-state index in [0.29, 0.717) is 0 Å². The molecule has 0 N–H and O–H groups in total. The van der Waals surface area contributed by atoms with E-state index >= 15 is 0 Å². The summed E-state index contributed by atoms with van der Waals surface area (Å²) in [6, 6.07) is 1.30. The zero-order chi connectivity index (χ0) is 8.43. The van der Waals surface area contributed by atoms with E-state index in [1.165, 1.54) is 13.2 Å². The topological polar surface area (TPSA) is 26.3 Å². The van der Waals surface area contributed by atoms with Gasteiger partial charge in [-0.05, 0) is 28.7 Å². The molecule has 1 heterocycles. The Labute approximate surface area is 80.5 Å². The van der Waals surface area contributed by atoms with Crippen molar-refractivity contribution in [3.63, 3.8) is 0 Å². The number of hydrogen-bond acceptors (Lipinski definition) is 3. The first kappa shape index (κ1) is 8.92. The van der Waals surface area contributed by atoms with Crippen molar-refractivity contribution in [1.29, 1.82) is 0 Å². The largest absolute Gasteiger partial charge is 0.465 e. The van der Waals surface area contributed by atoms with Gasteiger partial charge in [-0.15, -0.1) is 11.3 Å². The fourth-order valence-corrected chi connectivity index (χ4v) is 2.19. The standard InChI is InChI=1S/C6H4FIO2S/c1-10-6(9)5-3(7)2-4(8)11-5/h2H,1H3. The van der Waals surface area contributed by atoms with E-state index in [4.69, 9.17) is 0 Å². The summed E-state index contributed by atoms with van der Waals surface area (Å²) in [5, 5.41) is 0. The minimum atomic E-state index is -0.615. The summed E-state index contributed by atoms with van der Waals surface area (Å²) >= 11 is 3.03. The number of carbonyl (C=O) groups is 1. The molecule has 1 aromatic rings. The lowest BCUT2D eigenvalue weighted by Gasteiger charge is -1.92. The van der Waals surface area contributed by atoms with Gasteiger partial charge >= 0.3 is 5.97 Å². The number of rotatable bonds is 1. The summed E-state index contributed by atoms with van der Waals surface area (Å²) in [5.74, 6) is -1.12. The van der Waals surface area contributed by atoms with Gasteiger partial charge in [0.1, 0.15) is 10.7 Å². The molecule has 2 nitrogen and oxygen atoms in total. The second-order valence-corrected chi connectivity index (χ2v) is 4.67. The molecule has 0 radical (unpaired) electrons. The third kappa shape index (κ3) is 1.90. The van der Waals surface area contributed by atoms with Gasteiger partial charge in [-0.1, -0.05) is 0 Å². The number of hydrogen-bond donors (Lipinski definition) is 0. The molecule has 0 saturated carbocycles. The van der Waals surface area contributed by atoms with Crippen LogP contribution >= 0.6 is 33.9 Å². The predicted molar refractivity (Wildman–Crippen MR) is 48.3 cm³/mol. The van der Waals surface area contributed by atoms with Crippen molar-refractivity contribution >= 4 is 39.9 Å². The highest BCUT2D eigenvalue weighted by Gasteiger charge is 2.15. The SMILES string of the molecule is COC(=O)c1sc(I)cc1F. The van der Waals surface area contributed by atoms with E-state index in [0.717, 1.165) is 14.2 Å². The maximum atomic E-state index is 12.8. The Morgan fingerprint density at radius 2 is 2.45 bits per heavy atom. The Hall–Kier alpha value is -0.170. The predicted octanol–water partition coefficient (Wildman–Crippen LogP) is 2.28. The second-order valence-electron chi connectivity index (χ2n) is 1.72. The fraction of sp³-hybridized carbons (Fsp3) is 0.167. The summed E-state index contributed by atoms with van der Waals surface area (Å²) in [7, 11) is 1.23. The molecule has 0 aliphatic carbocycles. The van der Waals surface area contributed by atoms with Gasteiger partial charge in [0.15, 0.2) is 0 Å². The first-order valence-corrected chi connectivity index (χ1v) is 4.58. The molecule has 1 rings (SSSR count). The second kappa shape index (κ2) is 3.48. The number of esters is 1. The Morgan fingerprint density at radius 3 is 2.82 bits per heavy atom. The Bertz CT molecular complexity index is 284. The number of methoxy groups -OCH3 is 1. The molecule has 0 aliphatic rings. The first-order valence-electron chi connectivity index (χ1n) is 2.68. The van der Waals surface area contributed by atoms with Gasteiger partial charge < -0.3 is 4.74 Å². The van der Waals surface area contributed by atoms with Crippen LogP contribution in [0.1, 0.15) is 9.67 Å². The van der Waals surface area contributed by atoms with Crippen LogP contribution in [0.3, 0.4) is 0 Å². The number of carbonyl (C=O) groups excluding carboxylic acids is 1. The fourth-order valence-electron chi connectivity index (χ4n) is 0.573. The summed E-state index contributed by atoms with van der Waals surface area (Å²) in [6.07, 6.45) is 0. The molecule has 0 unspecified atom stereocenters. The highest BCUT2D eigenvalue weighted by molar-refractivity contribution is 14.1. The summed E-state index contributed by atoms with van der Waals surface area (Å²) in [5.41, 5.74) is 0. The number of ether oxygens (including phenoxy) is 1. The van der Waals surface area contributed by atoms with Crippen LogP contribution in [-0.4, -0.2) is 13.1 Å². The molecular formula is C6H4FIO2S. The summed E-state index contributed by atoms with van der Waals surface area (Å²) < 4.78 is 17.8. The van der Waals surface area contributed by atoms with E-state index in [-0.39, 0.29) is 4.88 Å². The van der Waals surface area contributed by atoms with Crippen LogP contribution in [0.25, 0.3) is 0 Å². The lowest BCUT2D eigenvalue weighted by Crippen LogP contribution is -1.99. The molecule has 1 aromatic heterocycles. The first-order chi connectivity index (χ1) is 5.15. The lowest BCUT2D eigenvalue weighted by atomic mass is 10.4. The Balaban J connectivity index is 3.03. The molecule has 0 spiro atoms. The molecule has 5 heteroatoms. The van der Waals surface area contributed by atoms with Gasteiger partial charge in [-0.25, -0.2) is 9.18 Å². The zero-order valence-corrected chi connectivity index (χ0v) is 8.53. The van der Waals surface area contributed by atoms with E-state index in [1.807, 2.05) is 22.6 Å². The third-order valence-corrected chi connectivity index (χ3v) is 2.88. The monoisotopic (exact) mass is 286 g/mol. The average molecular weight is 286 g/mol. The molecule has 11 heavy (non-hydrogen) atoms. The Kier molecular flexibility index (Phi) is 2.83. The number of halogens is 2. The molecule has 0 amide bonds. The van der Waals surface area contributed by atoms with Crippen molar-refractivity contribution in [2.45, 2.75) is 0 Å². The van der Waals surface area contributed by atoms with Crippen molar-refractivity contribution in [2.24, 2.45) is 0 Å². The molecule has 0 aromatic carbocycles. The van der Waals surface area contributed by atoms with Gasteiger partial charge in [0.05, 0.1) is 9.99 Å². The van der Waals surface area contributed by atoms with Crippen LogP contribution in [0.2, 0.25) is 0 Å². The summed E-state index contributed by atoms with van der Waals surface area (Å²) in [4.78, 5) is 10.8. The zero-order valence-electron chi connectivity index (χ0n) is 5.56. The van der Waals surface area contributed by atoms with Gasteiger partial charge in [-0.2, -0.15) is 0 Å². The van der Waals surface area contributed by atoms with Crippen LogP contribution in [0.15, 0.2) is 6.07 Å². The number of thiophene rings is 1. The maximum absolute atomic E-state index is 12.8. The van der Waals surface area contributed by atoms with Crippen LogP contribution in [0.4, 0.5) is 4.39 Å². The van der Waals surface area contributed by atoms with E-state index in [1.54, 1.807) is 0 Å². The smallest absolute Gasteiger partial charge is 0.351 e. The van der Waals surface area contributed by atoms with Gasteiger partial charge in [0, 0.05) is 0 Å². The third-order valence-electron chi connectivity index (χ3n) is 1.03. The van der Waals surface area contributed by atoms with E-state index < -0.39 is 11.8 Å². The molecule has 0 aliphatic heterocycles. The van der Waals surface area contributed by atoms with Crippen molar-refractivity contribution in [3.05, 3.63) is 19.6 Å². The minimum absolute atomic E-state index is 0.0388. The van der Waals surface area contributed by atoms with E-state index in [2.05, 4.69) is 4.74 Å². The molecule has 0 fully saturated rings. The van der Waals surface area contributed by atoms with Crippen molar-refractivity contribution < 1.29 is 13.9 Å². The van der Waals surface area contributed by atoms with Crippen LogP contribution in [0.5, 0.6) is 0 Å². The van der Waals surface area contributed by atoms with Crippen molar-refractivity contribution in [3.8, 4) is 0 Å². The quantitative estimate of drug-likeness (QED) is 0.585. The molecule has 0 saturated heterocycles. The highest BCUT2D eigenvalue weighted by atomic mass is 127. The van der Waals surface area contributed by atoms with E-state index in [9.17, 15) is 9.18 Å². The molecular weight excluding hydrogens is 282 g/mol. The van der Waals surface area contributed by atoms with Gasteiger partial charge in [-0.3, -0.25) is 0 Å². The van der Waals surface area contributed by atoms with Crippen LogP contribution in [0, 0.1) is 8.70 Å². The van der Waals surface area contributed by atoms with Gasteiger partial charge in [0.25, 0.3) is 0 Å². The highest BCUT2D eigenvalue weighted by Crippen LogP contribution is 2.22. The normalized spacial score (nSPS) is 9.73. The van der Waals surface area contributed by atoms with Crippen molar-refractivity contribution in [1.82, 2.24) is 0 Å². The molecule has 0 atom stereocenters. The van der Waals surface area contributed by atoms with Crippen LogP contribution in [-0.2, 0) is 4.74 Å². The minimum Gasteiger partial charge on any atom is -0.465 e.